The average molecular weight is 408 g/mol. The normalized spacial score (nSPS) is 25.0. The minimum atomic E-state index is -1.38. The number of hydrogen-bond donors (Lipinski definition) is 0. The van der Waals surface area contributed by atoms with Gasteiger partial charge in [0.05, 0.1) is 11.1 Å². The van der Waals surface area contributed by atoms with Gasteiger partial charge in [-0.1, -0.05) is 42.5 Å². The van der Waals surface area contributed by atoms with E-state index in [4.69, 9.17) is 4.74 Å². The Balaban J connectivity index is 1.45. The van der Waals surface area contributed by atoms with Crippen LogP contribution in [0.15, 0.2) is 54.6 Å². The summed E-state index contributed by atoms with van der Waals surface area (Å²) >= 11 is 1.25. The summed E-state index contributed by atoms with van der Waals surface area (Å²) in [4.78, 5) is 52.7. The second-order valence-corrected chi connectivity index (χ2v) is 8.34. The van der Waals surface area contributed by atoms with Gasteiger partial charge >= 0.3 is 5.97 Å². The monoisotopic (exact) mass is 408 g/mol. The van der Waals surface area contributed by atoms with Crippen molar-refractivity contribution in [1.29, 1.82) is 0 Å². The van der Waals surface area contributed by atoms with E-state index in [-0.39, 0.29) is 17.7 Å². The molecule has 0 aromatic heterocycles. The molecule has 3 heterocycles. The zero-order valence-electron chi connectivity index (χ0n) is 15.2. The third-order valence-electron chi connectivity index (χ3n) is 5.50. The third kappa shape index (κ3) is 2.38. The number of imide groups is 1. The standard InChI is InChI=1S/C21H16N2O5S/c24-17-14-8-4-5-9-15(14)18(25)23(17)16-19(26)22-10-11-29-21(16,22)20(27)28-12-13-6-2-1-3-7-13/h1-9,16H,10-12H2. The number of esters is 1. The summed E-state index contributed by atoms with van der Waals surface area (Å²) in [6.07, 6.45) is 0. The lowest BCUT2D eigenvalue weighted by atomic mass is 9.92. The summed E-state index contributed by atoms with van der Waals surface area (Å²) in [5.74, 6) is -1.57. The molecule has 0 radical (unpaired) electrons. The number of amides is 3. The second kappa shape index (κ2) is 6.45. The van der Waals surface area contributed by atoms with E-state index in [1.54, 1.807) is 24.3 Å². The smallest absolute Gasteiger partial charge is 0.345 e. The van der Waals surface area contributed by atoms with Crippen LogP contribution in [0.2, 0.25) is 0 Å². The highest BCUT2D eigenvalue weighted by molar-refractivity contribution is 8.01. The largest absolute Gasteiger partial charge is 0.458 e. The molecule has 3 aliphatic rings. The lowest BCUT2D eigenvalue weighted by molar-refractivity contribution is -0.176. The molecule has 7 nitrogen and oxygen atoms in total. The summed E-state index contributed by atoms with van der Waals surface area (Å²) in [7, 11) is 0. The van der Waals surface area contributed by atoms with Gasteiger partial charge < -0.3 is 9.64 Å². The van der Waals surface area contributed by atoms with Crippen molar-refractivity contribution in [3.63, 3.8) is 0 Å². The Bertz CT molecular complexity index is 1020. The van der Waals surface area contributed by atoms with Crippen LogP contribution in [0.3, 0.4) is 0 Å². The molecule has 146 valence electrons. The number of benzene rings is 2. The van der Waals surface area contributed by atoms with Crippen molar-refractivity contribution in [1.82, 2.24) is 9.80 Å². The number of hydrogen-bond acceptors (Lipinski definition) is 6. The van der Waals surface area contributed by atoms with E-state index in [9.17, 15) is 19.2 Å². The van der Waals surface area contributed by atoms with Gasteiger partial charge in [0.25, 0.3) is 17.7 Å². The highest BCUT2D eigenvalue weighted by atomic mass is 32.2. The molecule has 2 aromatic carbocycles. The molecule has 2 unspecified atom stereocenters. The first-order valence-electron chi connectivity index (χ1n) is 9.19. The lowest BCUT2D eigenvalue weighted by Crippen LogP contribution is -2.79. The maximum atomic E-state index is 13.1. The molecule has 3 aliphatic heterocycles. The molecule has 0 aliphatic carbocycles. The number of rotatable bonds is 4. The molecule has 3 amide bonds. The van der Waals surface area contributed by atoms with Gasteiger partial charge in [0, 0.05) is 12.3 Å². The fraction of sp³-hybridized carbons (Fsp3) is 0.238. The summed E-state index contributed by atoms with van der Waals surface area (Å²) in [5, 5.41) is 0. The van der Waals surface area contributed by atoms with Crippen LogP contribution in [0.1, 0.15) is 26.3 Å². The minimum absolute atomic E-state index is 0.0544. The van der Waals surface area contributed by atoms with E-state index in [0.717, 1.165) is 10.5 Å². The first-order chi connectivity index (χ1) is 14.1. The van der Waals surface area contributed by atoms with Crippen LogP contribution >= 0.6 is 11.8 Å². The number of fused-ring (bicyclic) bond motifs is 2. The quantitative estimate of drug-likeness (QED) is 0.435. The topological polar surface area (TPSA) is 84.0 Å². The molecular formula is C21H16N2O5S. The Hall–Kier alpha value is -3.13. The molecule has 0 bridgehead atoms. The number of carbonyl (C=O) groups is 4. The lowest BCUT2D eigenvalue weighted by Gasteiger charge is -2.52. The van der Waals surface area contributed by atoms with Gasteiger partial charge in [0.2, 0.25) is 4.87 Å². The molecule has 2 saturated heterocycles. The number of thioether (sulfide) groups is 1. The van der Waals surface area contributed by atoms with Crippen LogP contribution in [0.5, 0.6) is 0 Å². The Kier molecular flexibility index (Phi) is 3.99. The van der Waals surface area contributed by atoms with Crippen LogP contribution < -0.4 is 0 Å². The van der Waals surface area contributed by atoms with E-state index < -0.39 is 34.6 Å². The zero-order valence-corrected chi connectivity index (χ0v) is 16.1. The molecule has 0 spiro atoms. The maximum Gasteiger partial charge on any atom is 0.345 e. The van der Waals surface area contributed by atoms with Crippen molar-refractivity contribution in [2.75, 3.05) is 12.3 Å². The summed E-state index contributed by atoms with van der Waals surface area (Å²) < 4.78 is 5.52. The summed E-state index contributed by atoms with van der Waals surface area (Å²) in [6, 6.07) is 14.5. The van der Waals surface area contributed by atoms with Crippen molar-refractivity contribution >= 4 is 35.5 Å². The molecule has 2 aromatic rings. The van der Waals surface area contributed by atoms with Crippen molar-refractivity contribution in [2.45, 2.75) is 17.5 Å². The predicted molar refractivity (Wildman–Crippen MR) is 104 cm³/mol. The summed E-state index contributed by atoms with van der Waals surface area (Å²) in [6.45, 7) is 0.433. The van der Waals surface area contributed by atoms with E-state index in [1.807, 2.05) is 30.3 Å². The zero-order chi connectivity index (χ0) is 20.2. The highest BCUT2D eigenvalue weighted by Crippen LogP contribution is 2.51. The highest BCUT2D eigenvalue weighted by Gasteiger charge is 2.73. The van der Waals surface area contributed by atoms with Crippen molar-refractivity contribution in [3.8, 4) is 0 Å². The molecule has 29 heavy (non-hydrogen) atoms. The fourth-order valence-electron chi connectivity index (χ4n) is 4.12. The number of ether oxygens (including phenoxy) is 1. The molecule has 5 rings (SSSR count). The van der Waals surface area contributed by atoms with E-state index >= 15 is 0 Å². The Morgan fingerprint density at radius 2 is 1.62 bits per heavy atom. The number of β-lactam (4-membered cyclic amide) rings is 1. The SMILES string of the molecule is O=C1c2ccccc2C(=O)N1C1C(=O)N2CCSC12C(=O)OCc1ccccc1. The van der Waals surface area contributed by atoms with Gasteiger partial charge in [-0.25, -0.2) is 4.79 Å². The Morgan fingerprint density at radius 3 is 2.28 bits per heavy atom. The van der Waals surface area contributed by atoms with Crippen molar-refractivity contribution in [3.05, 3.63) is 71.3 Å². The van der Waals surface area contributed by atoms with Crippen LogP contribution in [0.25, 0.3) is 0 Å². The average Bonchev–Trinajstić information content (AvgIpc) is 3.26. The van der Waals surface area contributed by atoms with E-state index in [2.05, 4.69) is 0 Å². The van der Waals surface area contributed by atoms with Gasteiger partial charge in [0.1, 0.15) is 6.61 Å². The van der Waals surface area contributed by atoms with Gasteiger partial charge in [0.15, 0.2) is 6.04 Å². The van der Waals surface area contributed by atoms with E-state index in [0.29, 0.717) is 12.3 Å². The molecule has 8 heteroatoms. The van der Waals surface area contributed by atoms with Gasteiger partial charge in [-0.05, 0) is 17.7 Å². The Morgan fingerprint density at radius 1 is 1.00 bits per heavy atom. The Labute approximate surface area is 170 Å². The van der Waals surface area contributed by atoms with Crippen LogP contribution in [0.4, 0.5) is 0 Å². The molecule has 2 fully saturated rings. The van der Waals surface area contributed by atoms with Crippen molar-refractivity contribution in [2.24, 2.45) is 0 Å². The third-order valence-corrected chi connectivity index (χ3v) is 6.93. The van der Waals surface area contributed by atoms with Crippen LogP contribution in [-0.4, -0.2) is 56.7 Å². The van der Waals surface area contributed by atoms with Crippen molar-refractivity contribution < 1.29 is 23.9 Å². The minimum Gasteiger partial charge on any atom is -0.458 e. The predicted octanol–water partition coefficient (Wildman–Crippen LogP) is 1.68. The molecule has 0 saturated carbocycles. The van der Waals surface area contributed by atoms with Crippen LogP contribution in [0, 0.1) is 0 Å². The number of carbonyl (C=O) groups excluding carboxylic acids is 4. The maximum absolute atomic E-state index is 13.1. The summed E-state index contributed by atoms with van der Waals surface area (Å²) in [5.41, 5.74) is 1.31. The second-order valence-electron chi connectivity index (χ2n) is 7.02. The van der Waals surface area contributed by atoms with Gasteiger partial charge in [-0.3, -0.25) is 19.3 Å². The fourth-order valence-corrected chi connectivity index (χ4v) is 5.58. The van der Waals surface area contributed by atoms with Crippen LogP contribution in [-0.2, 0) is 20.9 Å². The van der Waals surface area contributed by atoms with Gasteiger partial charge in [-0.2, -0.15) is 0 Å². The molecular weight excluding hydrogens is 392 g/mol. The van der Waals surface area contributed by atoms with Gasteiger partial charge in [-0.15, -0.1) is 11.8 Å². The first-order valence-corrected chi connectivity index (χ1v) is 10.2. The first kappa shape index (κ1) is 17.9. The van der Waals surface area contributed by atoms with E-state index in [1.165, 1.54) is 16.7 Å². The molecule has 2 atom stereocenters. The number of nitrogens with zero attached hydrogens (tertiary/aromatic N) is 2. The molecule has 0 N–H and O–H groups in total.